The normalized spacial score (nSPS) is 14.1. The zero-order valence-corrected chi connectivity index (χ0v) is 9.03. The molecular weight excluding hydrogens is 204 g/mol. The van der Waals surface area contributed by atoms with Gasteiger partial charge >= 0.3 is 0 Å². The molecule has 0 spiro atoms. The molecule has 16 heavy (non-hydrogen) atoms. The first-order valence-corrected chi connectivity index (χ1v) is 5.36. The molecule has 0 fully saturated rings. The van der Waals surface area contributed by atoms with Crippen LogP contribution in [0.5, 0.6) is 0 Å². The topological polar surface area (TPSA) is 63.6 Å². The Bertz CT molecular complexity index is 596. The van der Waals surface area contributed by atoms with Crippen LogP contribution in [-0.4, -0.2) is 19.7 Å². The second-order valence-electron chi connectivity index (χ2n) is 4.07. The lowest BCUT2D eigenvalue weighted by Gasteiger charge is -2.00. The molecule has 0 unspecified atom stereocenters. The highest BCUT2D eigenvalue weighted by Crippen LogP contribution is 2.18. The number of aryl methyl sites for hydroxylation is 2. The van der Waals surface area contributed by atoms with Gasteiger partial charge in [-0.15, -0.1) is 0 Å². The Kier molecular flexibility index (Phi) is 1.92. The van der Waals surface area contributed by atoms with E-state index in [0.717, 1.165) is 30.5 Å². The third kappa shape index (κ3) is 1.36. The molecule has 0 radical (unpaired) electrons. The van der Waals surface area contributed by atoms with Gasteiger partial charge in [0.25, 0.3) is 5.56 Å². The van der Waals surface area contributed by atoms with Gasteiger partial charge in [-0.05, 0) is 25.3 Å². The van der Waals surface area contributed by atoms with Gasteiger partial charge in [0.05, 0.1) is 5.69 Å². The van der Waals surface area contributed by atoms with Crippen molar-refractivity contribution in [3.05, 3.63) is 33.9 Å². The summed E-state index contributed by atoms with van der Waals surface area (Å²) in [5.74, 6) is 0.575. The highest BCUT2D eigenvalue weighted by Gasteiger charge is 2.18. The minimum Gasteiger partial charge on any atom is -0.305 e. The SMILES string of the molecule is Cn1ccc(-c2nc3c(c(=O)[nH]2)CCC3)n1. The van der Waals surface area contributed by atoms with Crippen molar-refractivity contribution in [2.24, 2.45) is 7.05 Å². The predicted molar refractivity (Wildman–Crippen MR) is 59.1 cm³/mol. The lowest BCUT2D eigenvalue weighted by atomic mass is 10.2. The predicted octanol–water partition coefficient (Wildman–Crippen LogP) is 0.659. The molecule has 0 aromatic carbocycles. The Morgan fingerprint density at radius 3 is 3.06 bits per heavy atom. The lowest BCUT2D eigenvalue weighted by Crippen LogP contribution is -2.15. The number of H-pyrrole nitrogens is 1. The van der Waals surface area contributed by atoms with E-state index in [1.54, 1.807) is 4.68 Å². The largest absolute Gasteiger partial charge is 0.305 e. The third-order valence-corrected chi connectivity index (χ3v) is 2.90. The van der Waals surface area contributed by atoms with Crippen molar-refractivity contribution in [1.82, 2.24) is 19.7 Å². The molecule has 2 heterocycles. The lowest BCUT2D eigenvalue weighted by molar-refractivity contribution is 0.768. The van der Waals surface area contributed by atoms with E-state index in [0.29, 0.717) is 11.5 Å². The van der Waals surface area contributed by atoms with Crippen molar-refractivity contribution >= 4 is 0 Å². The summed E-state index contributed by atoms with van der Waals surface area (Å²) in [5.41, 5.74) is 2.49. The number of hydrogen-bond acceptors (Lipinski definition) is 3. The molecule has 0 amide bonds. The van der Waals surface area contributed by atoms with Gasteiger partial charge in [0, 0.05) is 18.8 Å². The molecular formula is C11H12N4O. The number of aromatic nitrogens is 4. The minimum atomic E-state index is -0.0110. The number of rotatable bonds is 1. The number of hydrogen-bond donors (Lipinski definition) is 1. The van der Waals surface area contributed by atoms with E-state index in [1.165, 1.54) is 0 Å². The summed E-state index contributed by atoms with van der Waals surface area (Å²) < 4.78 is 1.70. The molecule has 0 saturated carbocycles. The summed E-state index contributed by atoms with van der Waals surface area (Å²) >= 11 is 0. The fourth-order valence-corrected chi connectivity index (χ4v) is 2.10. The Labute approximate surface area is 92.2 Å². The van der Waals surface area contributed by atoms with E-state index in [2.05, 4.69) is 15.1 Å². The van der Waals surface area contributed by atoms with Gasteiger partial charge in [-0.1, -0.05) is 0 Å². The maximum atomic E-state index is 11.8. The van der Waals surface area contributed by atoms with Gasteiger partial charge in [-0.2, -0.15) is 5.10 Å². The molecule has 0 bridgehead atoms. The second kappa shape index (κ2) is 3.30. The molecule has 0 atom stereocenters. The highest BCUT2D eigenvalue weighted by atomic mass is 16.1. The summed E-state index contributed by atoms with van der Waals surface area (Å²) in [5, 5.41) is 4.23. The van der Waals surface area contributed by atoms with E-state index < -0.39 is 0 Å². The summed E-state index contributed by atoms with van der Waals surface area (Å²) in [7, 11) is 1.84. The van der Waals surface area contributed by atoms with Gasteiger partial charge < -0.3 is 4.98 Å². The smallest absolute Gasteiger partial charge is 0.254 e. The van der Waals surface area contributed by atoms with Gasteiger partial charge in [-0.25, -0.2) is 4.98 Å². The van der Waals surface area contributed by atoms with Crippen molar-refractivity contribution in [1.29, 1.82) is 0 Å². The standard InChI is InChI=1S/C11H12N4O/c1-15-6-5-9(14-15)10-12-8-4-2-3-7(8)11(16)13-10/h5-6H,2-4H2,1H3,(H,12,13,16). The number of fused-ring (bicyclic) bond motifs is 1. The van der Waals surface area contributed by atoms with Gasteiger partial charge in [0.15, 0.2) is 5.82 Å². The van der Waals surface area contributed by atoms with Gasteiger partial charge in [0.1, 0.15) is 5.69 Å². The fraction of sp³-hybridized carbons (Fsp3) is 0.364. The molecule has 1 aliphatic carbocycles. The molecule has 5 nitrogen and oxygen atoms in total. The number of aromatic amines is 1. The molecule has 5 heteroatoms. The van der Waals surface area contributed by atoms with E-state index in [-0.39, 0.29) is 5.56 Å². The van der Waals surface area contributed by atoms with Gasteiger partial charge in [0.2, 0.25) is 0 Å². The second-order valence-corrected chi connectivity index (χ2v) is 4.07. The molecule has 2 aromatic heterocycles. The quantitative estimate of drug-likeness (QED) is 0.761. The van der Waals surface area contributed by atoms with Crippen LogP contribution in [0.3, 0.4) is 0 Å². The first-order valence-electron chi connectivity index (χ1n) is 5.36. The number of nitrogens with one attached hydrogen (secondary N) is 1. The third-order valence-electron chi connectivity index (χ3n) is 2.90. The van der Waals surface area contributed by atoms with Crippen molar-refractivity contribution in [3.8, 4) is 11.5 Å². The van der Waals surface area contributed by atoms with Crippen LogP contribution in [0.25, 0.3) is 11.5 Å². The van der Waals surface area contributed by atoms with Crippen molar-refractivity contribution in [3.63, 3.8) is 0 Å². The van der Waals surface area contributed by atoms with Crippen molar-refractivity contribution in [2.45, 2.75) is 19.3 Å². The molecule has 3 rings (SSSR count). The summed E-state index contributed by atoms with van der Waals surface area (Å²) in [6.45, 7) is 0. The van der Waals surface area contributed by atoms with Crippen molar-refractivity contribution in [2.75, 3.05) is 0 Å². The Balaban J connectivity index is 2.16. The molecule has 1 aliphatic rings. The first-order chi connectivity index (χ1) is 7.74. The summed E-state index contributed by atoms with van der Waals surface area (Å²) in [6.07, 6.45) is 4.61. The summed E-state index contributed by atoms with van der Waals surface area (Å²) in [6, 6.07) is 1.85. The van der Waals surface area contributed by atoms with Crippen LogP contribution in [0.15, 0.2) is 17.1 Å². The molecule has 2 aromatic rings. The Hall–Kier alpha value is -1.91. The van der Waals surface area contributed by atoms with Crippen molar-refractivity contribution < 1.29 is 0 Å². The van der Waals surface area contributed by atoms with Crippen LogP contribution < -0.4 is 5.56 Å². The van der Waals surface area contributed by atoms with Gasteiger partial charge in [-0.3, -0.25) is 9.48 Å². The van der Waals surface area contributed by atoms with Crippen LogP contribution in [0.4, 0.5) is 0 Å². The van der Waals surface area contributed by atoms with E-state index in [1.807, 2.05) is 19.3 Å². The monoisotopic (exact) mass is 216 g/mol. The van der Waals surface area contributed by atoms with E-state index in [4.69, 9.17) is 0 Å². The highest BCUT2D eigenvalue weighted by molar-refractivity contribution is 5.48. The maximum absolute atomic E-state index is 11.8. The van der Waals surface area contributed by atoms with Crippen LogP contribution >= 0.6 is 0 Å². The van der Waals surface area contributed by atoms with E-state index in [9.17, 15) is 4.79 Å². The van der Waals surface area contributed by atoms with Crippen LogP contribution in [0.2, 0.25) is 0 Å². The molecule has 1 N–H and O–H groups in total. The minimum absolute atomic E-state index is 0.0110. The average molecular weight is 216 g/mol. The number of nitrogens with zero attached hydrogens (tertiary/aromatic N) is 3. The zero-order valence-electron chi connectivity index (χ0n) is 9.03. The Morgan fingerprint density at radius 2 is 2.31 bits per heavy atom. The Morgan fingerprint density at radius 1 is 1.44 bits per heavy atom. The van der Waals surface area contributed by atoms with E-state index >= 15 is 0 Å². The maximum Gasteiger partial charge on any atom is 0.254 e. The van der Waals surface area contributed by atoms with Crippen LogP contribution in [0, 0.1) is 0 Å². The average Bonchev–Trinajstić information content (AvgIpc) is 2.85. The molecule has 0 saturated heterocycles. The first kappa shape index (κ1) is 9.33. The molecule has 82 valence electrons. The summed E-state index contributed by atoms with van der Waals surface area (Å²) in [4.78, 5) is 19.0. The fourth-order valence-electron chi connectivity index (χ4n) is 2.10. The zero-order chi connectivity index (χ0) is 11.1. The van der Waals surface area contributed by atoms with Crippen LogP contribution in [-0.2, 0) is 19.9 Å². The van der Waals surface area contributed by atoms with Crippen LogP contribution in [0.1, 0.15) is 17.7 Å². The molecule has 0 aliphatic heterocycles.